The summed E-state index contributed by atoms with van der Waals surface area (Å²) in [5.74, 6) is 0.0612. The number of Topliss-reactive ketones (excluding diaryl/α,β-unsaturated/α-hetero) is 1. The third kappa shape index (κ3) is 1.62. The van der Waals surface area contributed by atoms with Crippen molar-refractivity contribution in [2.45, 2.75) is 20.8 Å². The van der Waals surface area contributed by atoms with Gasteiger partial charge >= 0.3 is 0 Å². The van der Waals surface area contributed by atoms with E-state index in [9.17, 15) is 4.79 Å². The number of anilines is 2. The number of nitrogens with one attached hydrogen (secondary N) is 1. The van der Waals surface area contributed by atoms with E-state index in [-0.39, 0.29) is 5.78 Å². The fourth-order valence-electron chi connectivity index (χ4n) is 3.39. The summed E-state index contributed by atoms with van der Waals surface area (Å²) >= 11 is 0. The molecule has 2 aromatic carbocycles. The summed E-state index contributed by atoms with van der Waals surface area (Å²) in [6, 6.07) is 12.2. The molecule has 1 aromatic heterocycles. The minimum Gasteiger partial charge on any atom is -0.354 e. The van der Waals surface area contributed by atoms with Gasteiger partial charge in [-0.15, -0.1) is 0 Å². The molecule has 0 spiro atoms. The number of rotatable bonds is 1. The number of benzene rings is 2. The maximum atomic E-state index is 12.3. The molecule has 0 bridgehead atoms. The van der Waals surface area contributed by atoms with Gasteiger partial charge in [0.05, 0.1) is 11.2 Å². The first kappa shape index (κ1) is 13.0. The normalized spacial score (nSPS) is 12.0. The average Bonchev–Trinajstić information content (AvgIpc) is 2.50. The van der Waals surface area contributed by atoms with E-state index < -0.39 is 0 Å². The Bertz CT molecular complexity index is 957. The van der Waals surface area contributed by atoms with Crippen LogP contribution in [0, 0.1) is 13.8 Å². The van der Waals surface area contributed by atoms with Crippen LogP contribution in [0.1, 0.15) is 28.5 Å². The number of hydrogen-bond acceptors (Lipinski definition) is 3. The molecule has 0 aliphatic carbocycles. The fourth-order valence-corrected chi connectivity index (χ4v) is 3.39. The topological polar surface area (TPSA) is 42.0 Å². The van der Waals surface area contributed by atoms with Gasteiger partial charge in [-0.05, 0) is 38.5 Å². The Labute approximate surface area is 129 Å². The van der Waals surface area contributed by atoms with Crippen LogP contribution in [0.25, 0.3) is 22.0 Å². The van der Waals surface area contributed by atoms with Gasteiger partial charge in [-0.25, -0.2) is 0 Å². The zero-order valence-corrected chi connectivity index (χ0v) is 12.8. The highest BCUT2D eigenvalue weighted by molar-refractivity contribution is 6.17. The molecule has 0 amide bonds. The van der Waals surface area contributed by atoms with Gasteiger partial charge in [0, 0.05) is 33.5 Å². The summed E-state index contributed by atoms with van der Waals surface area (Å²) in [4.78, 5) is 16.9. The minimum atomic E-state index is 0.0612. The highest BCUT2D eigenvalue weighted by Gasteiger charge is 2.25. The van der Waals surface area contributed by atoms with Crippen molar-refractivity contribution < 1.29 is 4.79 Å². The molecule has 1 aliphatic rings. The molecule has 2 heterocycles. The van der Waals surface area contributed by atoms with Crippen LogP contribution in [0.4, 0.5) is 11.4 Å². The van der Waals surface area contributed by atoms with Crippen molar-refractivity contribution in [3.05, 3.63) is 53.2 Å². The van der Waals surface area contributed by atoms with Gasteiger partial charge in [0.2, 0.25) is 0 Å². The Kier molecular flexibility index (Phi) is 2.61. The molecular weight excluding hydrogens is 272 g/mol. The summed E-state index contributed by atoms with van der Waals surface area (Å²) in [5.41, 5.74) is 7.79. The molecule has 3 nitrogen and oxygen atoms in total. The predicted molar refractivity (Wildman–Crippen MR) is 89.9 cm³/mol. The second kappa shape index (κ2) is 4.41. The van der Waals surface area contributed by atoms with Gasteiger partial charge in [0.25, 0.3) is 0 Å². The SMILES string of the molecule is CC(=O)c1c(C)nc2ccc(C)c3c2c1-c1ccccc1N3. The molecule has 1 aliphatic heterocycles. The number of ketones is 1. The molecule has 108 valence electrons. The number of nitrogens with zero attached hydrogens (tertiary/aromatic N) is 1. The van der Waals surface area contributed by atoms with Crippen LogP contribution in [-0.4, -0.2) is 10.8 Å². The van der Waals surface area contributed by atoms with Gasteiger partial charge in [-0.3, -0.25) is 9.78 Å². The molecule has 0 radical (unpaired) electrons. The highest BCUT2D eigenvalue weighted by atomic mass is 16.1. The monoisotopic (exact) mass is 288 g/mol. The predicted octanol–water partition coefficient (Wildman–Crippen LogP) is 4.78. The molecule has 1 N–H and O–H groups in total. The summed E-state index contributed by atoms with van der Waals surface area (Å²) in [6.45, 7) is 5.61. The molecule has 0 atom stereocenters. The van der Waals surface area contributed by atoms with Crippen molar-refractivity contribution in [2.75, 3.05) is 5.32 Å². The molecule has 0 saturated heterocycles. The van der Waals surface area contributed by atoms with E-state index in [0.29, 0.717) is 0 Å². The maximum absolute atomic E-state index is 12.3. The van der Waals surface area contributed by atoms with Crippen molar-refractivity contribution in [3.63, 3.8) is 0 Å². The number of aryl methyl sites for hydroxylation is 2. The van der Waals surface area contributed by atoms with E-state index in [1.54, 1.807) is 6.92 Å². The van der Waals surface area contributed by atoms with E-state index in [4.69, 9.17) is 0 Å². The van der Waals surface area contributed by atoms with Crippen LogP contribution in [0.3, 0.4) is 0 Å². The molecule has 3 aromatic rings. The standard InChI is InChI=1S/C19H16N2O/c1-10-8-9-15-18-17(16(12(3)22)11(2)20-15)13-6-4-5-7-14(13)21-19(10)18/h4-9,21H,1-3H3. The number of pyridine rings is 1. The second-order valence-corrected chi connectivity index (χ2v) is 5.83. The smallest absolute Gasteiger partial charge is 0.162 e. The van der Waals surface area contributed by atoms with Crippen LogP contribution in [0.5, 0.6) is 0 Å². The summed E-state index contributed by atoms with van der Waals surface area (Å²) in [7, 11) is 0. The Morgan fingerprint density at radius 3 is 2.64 bits per heavy atom. The molecule has 0 fully saturated rings. The van der Waals surface area contributed by atoms with Crippen molar-refractivity contribution in [3.8, 4) is 11.1 Å². The molecule has 4 rings (SSSR count). The van der Waals surface area contributed by atoms with E-state index in [0.717, 1.165) is 50.2 Å². The summed E-state index contributed by atoms with van der Waals surface area (Å²) < 4.78 is 0. The summed E-state index contributed by atoms with van der Waals surface area (Å²) in [6.07, 6.45) is 0. The minimum absolute atomic E-state index is 0.0612. The molecular formula is C19H16N2O. The zero-order chi connectivity index (χ0) is 15.4. The lowest BCUT2D eigenvalue weighted by atomic mass is 9.87. The Hall–Kier alpha value is -2.68. The van der Waals surface area contributed by atoms with Crippen molar-refractivity contribution in [2.24, 2.45) is 0 Å². The van der Waals surface area contributed by atoms with Gasteiger partial charge in [-0.2, -0.15) is 0 Å². The lowest BCUT2D eigenvalue weighted by Gasteiger charge is -2.26. The first-order valence-electron chi connectivity index (χ1n) is 7.39. The number of aromatic nitrogens is 1. The first-order valence-corrected chi connectivity index (χ1v) is 7.39. The lowest BCUT2D eigenvalue weighted by Crippen LogP contribution is -2.10. The van der Waals surface area contributed by atoms with Crippen molar-refractivity contribution in [1.82, 2.24) is 4.98 Å². The van der Waals surface area contributed by atoms with Crippen LogP contribution in [0.15, 0.2) is 36.4 Å². The number of carbonyl (C=O) groups is 1. The van der Waals surface area contributed by atoms with Crippen LogP contribution in [-0.2, 0) is 0 Å². The highest BCUT2D eigenvalue weighted by Crippen LogP contribution is 2.46. The number of fused-ring (bicyclic) bond motifs is 2. The second-order valence-electron chi connectivity index (χ2n) is 5.83. The Morgan fingerprint density at radius 1 is 1.09 bits per heavy atom. The molecule has 22 heavy (non-hydrogen) atoms. The quantitative estimate of drug-likeness (QED) is 0.513. The zero-order valence-electron chi connectivity index (χ0n) is 12.8. The van der Waals surface area contributed by atoms with Crippen molar-refractivity contribution in [1.29, 1.82) is 0 Å². The van der Waals surface area contributed by atoms with E-state index >= 15 is 0 Å². The fraction of sp³-hybridized carbons (Fsp3) is 0.158. The van der Waals surface area contributed by atoms with Crippen LogP contribution in [0.2, 0.25) is 0 Å². The van der Waals surface area contributed by atoms with Gasteiger partial charge in [0.1, 0.15) is 0 Å². The molecule has 3 heteroatoms. The third-order valence-electron chi connectivity index (χ3n) is 4.35. The number of hydrogen-bond donors (Lipinski definition) is 1. The third-order valence-corrected chi connectivity index (χ3v) is 4.35. The first-order chi connectivity index (χ1) is 10.6. The van der Waals surface area contributed by atoms with Crippen LogP contribution >= 0.6 is 0 Å². The van der Waals surface area contributed by atoms with Gasteiger partial charge in [-0.1, -0.05) is 24.3 Å². The van der Waals surface area contributed by atoms with Gasteiger partial charge in [0.15, 0.2) is 5.78 Å². The van der Waals surface area contributed by atoms with Crippen LogP contribution < -0.4 is 5.32 Å². The Morgan fingerprint density at radius 2 is 1.86 bits per heavy atom. The molecule has 0 saturated carbocycles. The number of carbonyl (C=O) groups excluding carboxylic acids is 1. The van der Waals surface area contributed by atoms with E-state index in [2.05, 4.69) is 35.4 Å². The lowest BCUT2D eigenvalue weighted by molar-refractivity contribution is 0.101. The van der Waals surface area contributed by atoms with Gasteiger partial charge < -0.3 is 5.32 Å². The maximum Gasteiger partial charge on any atom is 0.162 e. The Balaban J connectivity index is 2.29. The average molecular weight is 288 g/mol. The number of para-hydroxylation sites is 1. The van der Waals surface area contributed by atoms with E-state index in [1.807, 2.05) is 25.1 Å². The molecule has 0 unspecified atom stereocenters. The summed E-state index contributed by atoms with van der Waals surface area (Å²) in [5, 5.41) is 4.56. The largest absolute Gasteiger partial charge is 0.354 e. The van der Waals surface area contributed by atoms with E-state index in [1.165, 1.54) is 0 Å². The van der Waals surface area contributed by atoms with Crippen molar-refractivity contribution >= 4 is 28.1 Å².